The Kier molecular flexibility index (Phi) is 1.49. The first kappa shape index (κ1) is 6.62. The molecule has 2 heteroatoms. The molecule has 1 aliphatic rings. The molecule has 0 aromatic rings. The summed E-state index contributed by atoms with van der Waals surface area (Å²) in [5.41, 5.74) is -0.0602. The SMILES string of the molecule is C=C1CNCC(C)(C)O1. The van der Waals surface area contributed by atoms with E-state index < -0.39 is 0 Å². The first-order valence-corrected chi connectivity index (χ1v) is 3.18. The fraction of sp³-hybridized carbons (Fsp3) is 0.714. The summed E-state index contributed by atoms with van der Waals surface area (Å²) in [5, 5.41) is 3.20. The molecule has 0 aliphatic carbocycles. The van der Waals surface area contributed by atoms with Gasteiger partial charge in [-0.05, 0) is 13.8 Å². The topological polar surface area (TPSA) is 21.3 Å². The van der Waals surface area contributed by atoms with Gasteiger partial charge in [-0.15, -0.1) is 0 Å². The zero-order valence-electron chi connectivity index (χ0n) is 6.03. The van der Waals surface area contributed by atoms with Crippen LogP contribution < -0.4 is 5.32 Å². The molecule has 2 nitrogen and oxygen atoms in total. The lowest BCUT2D eigenvalue weighted by atomic mass is 10.1. The first-order chi connectivity index (χ1) is 4.10. The van der Waals surface area contributed by atoms with E-state index in [1.807, 2.05) is 13.8 Å². The van der Waals surface area contributed by atoms with Gasteiger partial charge >= 0.3 is 0 Å². The highest BCUT2D eigenvalue weighted by molar-refractivity contribution is 4.94. The van der Waals surface area contributed by atoms with E-state index >= 15 is 0 Å². The largest absolute Gasteiger partial charge is 0.490 e. The van der Waals surface area contributed by atoms with Crippen molar-refractivity contribution in [1.29, 1.82) is 0 Å². The Morgan fingerprint density at radius 3 is 2.67 bits per heavy atom. The van der Waals surface area contributed by atoms with Crippen LogP contribution in [0.3, 0.4) is 0 Å². The number of morpholine rings is 1. The fourth-order valence-electron chi connectivity index (χ4n) is 0.966. The molecule has 0 radical (unpaired) electrons. The molecular formula is C7H13NO. The van der Waals surface area contributed by atoms with Gasteiger partial charge in [-0.2, -0.15) is 0 Å². The van der Waals surface area contributed by atoms with E-state index in [9.17, 15) is 0 Å². The minimum atomic E-state index is -0.0602. The van der Waals surface area contributed by atoms with Gasteiger partial charge in [0.05, 0.1) is 6.54 Å². The molecule has 0 bridgehead atoms. The quantitative estimate of drug-likeness (QED) is 0.522. The molecule has 9 heavy (non-hydrogen) atoms. The van der Waals surface area contributed by atoms with Crippen LogP contribution in [0.25, 0.3) is 0 Å². The van der Waals surface area contributed by atoms with E-state index in [0.29, 0.717) is 0 Å². The second-order valence-corrected chi connectivity index (χ2v) is 3.00. The van der Waals surface area contributed by atoms with Crippen molar-refractivity contribution in [3.05, 3.63) is 12.3 Å². The van der Waals surface area contributed by atoms with Crippen molar-refractivity contribution in [3.8, 4) is 0 Å². The summed E-state index contributed by atoms with van der Waals surface area (Å²) < 4.78 is 5.42. The zero-order chi connectivity index (χ0) is 6.91. The van der Waals surface area contributed by atoms with E-state index in [-0.39, 0.29) is 5.60 Å². The van der Waals surface area contributed by atoms with Crippen LogP contribution in [0, 0.1) is 0 Å². The monoisotopic (exact) mass is 127 g/mol. The molecule has 0 unspecified atom stereocenters. The molecule has 52 valence electrons. The Hall–Kier alpha value is -0.500. The summed E-state index contributed by atoms with van der Waals surface area (Å²) >= 11 is 0. The van der Waals surface area contributed by atoms with Gasteiger partial charge in [-0.3, -0.25) is 0 Å². The highest BCUT2D eigenvalue weighted by Crippen LogP contribution is 2.15. The van der Waals surface area contributed by atoms with E-state index in [2.05, 4.69) is 11.9 Å². The highest BCUT2D eigenvalue weighted by Gasteiger charge is 2.23. The number of hydrogen-bond acceptors (Lipinski definition) is 2. The molecule has 0 saturated carbocycles. The van der Waals surface area contributed by atoms with Crippen LogP contribution in [-0.4, -0.2) is 18.7 Å². The average molecular weight is 127 g/mol. The molecule has 1 saturated heterocycles. The Morgan fingerprint density at radius 2 is 2.33 bits per heavy atom. The zero-order valence-corrected chi connectivity index (χ0v) is 6.03. The maximum atomic E-state index is 5.42. The molecule has 0 atom stereocenters. The Morgan fingerprint density at radius 1 is 1.67 bits per heavy atom. The van der Waals surface area contributed by atoms with Gasteiger partial charge in [0.2, 0.25) is 0 Å². The molecule has 1 heterocycles. The van der Waals surface area contributed by atoms with Crippen LogP contribution in [0.1, 0.15) is 13.8 Å². The van der Waals surface area contributed by atoms with Gasteiger partial charge in [-0.25, -0.2) is 0 Å². The molecule has 0 spiro atoms. The number of rotatable bonds is 0. The predicted octanol–water partition coefficient (Wildman–Crippen LogP) is 0.898. The smallest absolute Gasteiger partial charge is 0.115 e. The molecule has 0 aromatic heterocycles. The first-order valence-electron chi connectivity index (χ1n) is 3.18. The summed E-state index contributed by atoms with van der Waals surface area (Å²) in [6, 6.07) is 0. The third-order valence-corrected chi connectivity index (χ3v) is 1.29. The normalized spacial score (nSPS) is 25.3. The Labute approximate surface area is 55.9 Å². The van der Waals surface area contributed by atoms with E-state index in [0.717, 1.165) is 18.8 Å². The van der Waals surface area contributed by atoms with Gasteiger partial charge in [0.15, 0.2) is 0 Å². The lowest BCUT2D eigenvalue weighted by molar-refractivity contribution is 0.0115. The van der Waals surface area contributed by atoms with Gasteiger partial charge in [-0.1, -0.05) is 6.58 Å². The average Bonchev–Trinajstić information content (AvgIpc) is 1.60. The maximum Gasteiger partial charge on any atom is 0.115 e. The second kappa shape index (κ2) is 2.03. The lowest BCUT2D eigenvalue weighted by Crippen LogP contribution is -2.43. The van der Waals surface area contributed by atoms with Crippen LogP contribution in [-0.2, 0) is 4.74 Å². The molecule has 0 aromatic carbocycles. The minimum absolute atomic E-state index is 0.0602. The number of hydrogen-bond donors (Lipinski definition) is 1. The summed E-state index contributed by atoms with van der Waals surface area (Å²) in [6.45, 7) is 9.52. The summed E-state index contributed by atoms with van der Waals surface area (Å²) in [5.74, 6) is 0.839. The van der Waals surface area contributed by atoms with Crippen LogP contribution >= 0.6 is 0 Å². The molecule has 0 amide bonds. The van der Waals surface area contributed by atoms with E-state index in [1.165, 1.54) is 0 Å². The van der Waals surface area contributed by atoms with Crippen molar-refractivity contribution in [2.45, 2.75) is 19.4 Å². The van der Waals surface area contributed by atoms with Crippen molar-refractivity contribution < 1.29 is 4.74 Å². The van der Waals surface area contributed by atoms with Crippen molar-refractivity contribution in [1.82, 2.24) is 5.32 Å². The predicted molar refractivity (Wildman–Crippen MR) is 37.2 cm³/mol. The highest BCUT2D eigenvalue weighted by atomic mass is 16.5. The van der Waals surface area contributed by atoms with E-state index in [4.69, 9.17) is 4.74 Å². The van der Waals surface area contributed by atoms with Crippen LogP contribution in [0.15, 0.2) is 12.3 Å². The van der Waals surface area contributed by atoms with Crippen molar-refractivity contribution in [2.75, 3.05) is 13.1 Å². The molecule has 1 fully saturated rings. The third-order valence-electron chi connectivity index (χ3n) is 1.29. The van der Waals surface area contributed by atoms with Crippen LogP contribution in [0.2, 0.25) is 0 Å². The van der Waals surface area contributed by atoms with Gasteiger partial charge < -0.3 is 10.1 Å². The number of ether oxygens (including phenoxy) is 1. The Balaban J connectivity index is 2.51. The third kappa shape index (κ3) is 1.72. The molecule has 1 rings (SSSR count). The minimum Gasteiger partial charge on any atom is -0.490 e. The Bertz CT molecular complexity index is 129. The second-order valence-electron chi connectivity index (χ2n) is 3.00. The van der Waals surface area contributed by atoms with Crippen LogP contribution in [0.4, 0.5) is 0 Å². The molecule has 1 N–H and O–H groups in total. The van der Waals surface area contributed by atoms with Crippen LogP contribution in [0.5, 0.6) is 0 Å². The number of nitrogens with one attached hydrogen (secondary N) is 1. The van der Waals surface area contributed by atoms with Crippen molar-refractivity contribution in [3.63, 3.8) is 0 Å². The lowest BCUT2D eigenvalue weighted by Gasteiger charge is -2.32. The summed E-state index contributed by atoms with van der Waals surface area (Å²) in [6.07, 6.45) is 0. The van der Waals surface area contributed by atoms with Crippen molar-refractivity contribution in [2.24, 2.45) is 0 Å². The standard InChI is InChI=1S/C7H13NO/c1-6-4-8-5-7(2,3)9-6/h8H,1,4-5H2,2-3H3. The fourth-order valence-corrected chi connectivity index (χ4v) is 0.966. The van der Waals surface area contributed by atoms with E-state index in [1.54, 1.807) is 0 Å². The van der Waals surface area contributed by atoms with Gasteiger partial charge in [0.25, 0.3) is 0 Å². The molecular weight excluding hydrogens is 114 g/mol. The summed E-state index contributed by atoms with van der Waals surface area (Å²) in [7, 11) is 0. The van der Waals surface area contributed by atoms with Gasteiger partial charge in [0.1, 0.15) is 11.4 Å². The van der Waals surface area contributed by atoms with Crippen molar-refractivity contribution >= 4 is 0 Å². The van der Waals surface area contributed by atoms with Gasteiger partial charge in [0, 0.05) is 6.54 Å². The summed E-state index contributed by atoms with van der Waals surface area (Å²) in [4.78, 5) is 0. The maximum absolute atomic E-state index is 5.42. The molecule has 1 aliphatic heterocycles.